The van der Waals surface area contributed by atoms with Crippen LogP contribution in [0.25, 0.3) is 0 Å². The Balaban J connectivity index is 1.87. The van der Waals surface area contributed by atoms with Gasteiger partial charge < -0.3 is 5.32 Å². The van der Waals surface area contributed by atoms with Gasteiger partial charge in [0.2, 0.25) is 15.9 Å². The van der Waals surface area contributed by atoms with Crippen LogP contribution in [0.15, 0.2) is 53.4 Å². The van der Waals surface area contributed by atoms with Crippen molar-refractivity contribution >= 4 is 37.4 Å². The zero-order chi connectivity index (χ0) is 21.9. The van der Waals surface area contributed by atoms with Crippen molar-refractivity contribution in [1.29, 1.82) is 0 Å². The Kier molecular flexibility index (Phi) is 6.81. The number of hydrogen-bond donors (Lipinski definition) is 1. The monoisotopic (exact) mass is 474 g/mol. The average Bonchev–Trinajstić information content (AvgIpc) is 3.01. The zero-order valence-electron chi connectivity index (χ0n) is 15.8. The molecule has 0 radical (unpaired) electrons. The maximum absolute atomic E-state index is 14.2. The summed E-state index contributed by atoms with van der Waals surface area (Å²) < 4.78 is 64.4. The Hall–Kier alpha value is -2.01. The molecule has 1 amide bonds. The van der Waals surface area contributed by atoms with Gasteiger partial charge in [-0.15, -0.1) is 0 Å². The third-order valence-electron chi connectivity index (χ3n) is 4.68. The lowest BCUT2D eigenvalue weighted by atomic mass is 10.2. The Bertz CT molecular complexity index is 1160. The molecule has 2 aromatic carbocycles. The van der Waals surface area contributed by atoms with Crippen molar-refractivity contribution in [2.24, 2.45) is 0 Å². The van der Waals surface area contributed by atoms with E-state index in [1.807, 2.05) is 0 Å². The number of nitrogens with zero attached hydrogens (tertiary/aromatic N) is 1. The zero-order valence-corrected chi connectivity index (χ0v) is 18.2. The first-order valence-electron chi connectivity index (χ1n) is 9.06. The van der Waals surface area contributed by atoms with Crippen LogP contribution in [0.1, 0.15) is 12.0 Å². The number of sulfone groups is 1. The molecule has 0 bridgehead atoms. The molecule has 0 aromatic heterocycles. The highest BCUT2D eigenvalue weighted by atomic mass is 35.5. The quantitative estimate of drug-likeness (QED) is 0.661. The molecule has 7 nitrogen and oxygen atoms in total. The summed E-state index contributed by atoms with van der Waals surface area (Å²) in [6.45, 7) is -0.870. The van der Waals surface area contributed by atoms with Crippen LogP contribution in [0, 0.1) is 5.82 Å². The van der Waals surface area contributed by atoms with Crippen LogP contribution in [0.3, 0.4) is 0 Å². The summed E-state index contributed by atoms with van der Waals surface area (Å²) in [5.41, 5.74) is 0.440. The molecule has 0 saturated carbocycles. The van der Waals surface area contributed by atoms with Gasteiger partial charge in [-0.2, -0.15) is 4.31 Å². The average molecular weight is 475 g/mol. The fourth-order valence-electron chi connectivity index (χ4n) is 3.18. The number of carbonyl (C=O) groups excluding carboxylic acids is 1. The van der Waals surface area contributed by atoms with Gasteiger partial charge in [0.05, 0.1) is 18.1 Å². The lowest BCUT2D eigenvalue weighted by Crippen LogP contribution is -2.44. The van der Waals surface area contributed by atoms with Gasteiger partial charge in [-0.25, -0.2) is 21.2 Å². The third-order valence-corrected chi connectivity index (χ3v) is 8.64. The highest BCUT2D eigenvalue weighted by molar-refractivity contribution is 7.91. The van der Waals surface area contributed by atoms with E-state index in [1.165, 1.54) is 12.1 Å². The molecule has 1 N–H and O–H groups in total. The largest absolute Gasteiger partial charge is 0.351 e. The Morgan fingerprint density at radius 2 is 1.83 bits per heavy atom. The molecule has 1 aliphatic heterocycles. The number of rotatable bonds is 7. The molecule has 0 aliphatic carbocycles. The minimum atomic E-state index is -4.38. The number of benzene rings is 2. The number of nitrogens with one attached hydrogen (secondary N) is 1. The van der Waals surface area contributed by atoms with Crippen LogP contribution in [0.5, 0.6) is 0 Å². The van der Waals surface area contributed by atoms with E-state index >= 15 is 0 Å². The van der Waals surface area contributed by atoms with Crippen molar-refractivity contribution in [3.05, 3.63) is 64.9 Å². The summed E-state index contributed by atoms with van der Waals surface area (Å²) in [4.78, 5) is 12.0. The second-order valence-electron chi connectivity index (χ2n) is 6.96. The molecule has 1 saturated heterocycles. The van der Waals surface area contributed by atoms with Gasteiger partial charge >= 0.3 is 0 Å². The molecule has 1 fully saturated rings. The molecular weight excluding hydrogens is 455 g/mol. The minimum absolute atomic E-state index is 0.0329. The summed E-state index contributed by atoms with van der Waals surface area (Å²) in [6.07, 6.45) is 0.263. The van der Waals surface area contributed by atoms with Crippen LogP contribution in [-0.4, -0.2) is 51.1 Å². The van der Waals surface area contributed by atoms with Crippen molar-refractivity contribution in [1.82, 2.24) is 9.62 Å². The number of hydrogen-bond acceptors (Lipinski definition) is 5. The van der Waals surface area contributed by atoms with Crippen LogP contribution in [0.2, 0.25) is 5.02 Å². The molecule has 11 heteroatoms. The molecule has 3 rings (SSSR count). The summed E-state index contributed by atoms with van der Waals surface area (Å²) >= 11 is 6.14. The van der Waals surface area contributed by atoms with Crippen LogP contribution >= 0.6 is 11.6 Å². The van der Waals surface area contributed by atoms with Gasteiger partial charge in [-0.05, 0) is 30.2 Å². The Labute approximate surface area is 179 Å². The number of halogens is 2. The van der Waals surface area contributed by atoms with E-state index in [0.29, 0.717) is 10.6 Å². The van der Waals surface area contributed by atoms with E-state index in [1.54, 1.807) is 24.3 Å². The van der Waals surface area contributed by atoms with Gasteiger partial charge in [-0.3, -0.25) is 4.79 Å². The number of amides is 1. The second kappa shape index (κ2) is 9.01. The van der Waals surface area contributed by atoms with Crippen molar-refractivity contribution in [2.75, 3.05) is 18.1 Å². The molecule has 1 heterocycles. The van der Waals surface area contributed by atoms with E-state index in [4.69, 9.17) is 11.6 Å². The van der Waals surface area contributed by atoms with Crippen LogP contribution in [0.4, 0.5) is 4.39 Å². The fraction of sp³-hybridized carbons (Fsp3) is 0.316. The molecular formula is C19H20ClFN2O5S2. The van der Waals surface area contributed by atoms with Crippen LogP contribution < -0.4 is 5.32 Å². The second-order valence-corrected chi connectivity index (χ2v) is 11.5. The number of sulfonamides is 1. The van der Waals surface area contributed by atoms with Gasteiger partial charge in [0.15, 0.2) is 9.84 Å². The van der Waals surface area contributed by atoms with Gasteiger partial charge in [-0.1, -0.05) is 41.9 Å². The van der Waals surface area contributed by atoms with E-state index in [9.17, 15) is 26.0 Å². The maximum Gasteiger partial charge on any atom is 0.246 e. The minimum Gasteiger partial charge on any atom is -0.351 e. The normalized spacial score (nSPS) is 18.4. The molecule has 162 valence electrons. The predicted octanol–water partition coefficient (Wildman–Crippen LogP) is 1.97. The lowest BCUT2D eigenvalue weighted by Gasteiger charge is -2.23. The summed E-state index contributed by atoms with van der Waals surface area (Å²) in [5, 5.41) is 2.85. The SMILES string of the molecule is O=C(CN(Cc1ccccc1Cl)S(=O)(=O)c1ccccc1F)NC1CCS(=O)(=O)C1. The number of carbonyl (C=O) groups is 1. The topological polar surface area (TPSA) is 101 Å². The van der Waals surface area contributed by atoms with E-state index in [-0.39, 0.29) is 24.5 Å². The summed E-state index contributed by atoms with van der Waals surface area (Å²) in [7, 11) is -7.59. The van der Waals surface area contributed by atoms with Gasteiger partial charge in [0, 0.05) is 17.6 Å². The highest BCUT2D eigenvalue weighted by Gasteiger charge is 2.32. The molecule has 2 aromatic rings. The van der Waals surface area contributed by atoms with Crippen molar-refractivity contribution in [3.8, 4) is 0 Å². The fourth-order valence-corrected chi connectivity index (χ4v) is 6.49. The predicted molar refractivity (Wildman–Crippen MR) is 111 cm³/mol. The molecule has 1 atom stereocenters. The van der Waals surface area contributed by atoms with E-state index < -0.39 is 49.1 Å². The first-order chi connectivity index (χ1) is 14.1. The molecule has 0 spiro atoms. The summed E-state index contributed by atoms with van der Waals surface area (Å²) in [5.74, 6) is -1.84. The molecule has 30 heavy (non-hydrogen) atoms. The van der Waals surface area contributed by atoms with Crippen molar-refractivity contribution < 1.29 is 26.0 Å². The maximum atomic E-state index is 14.2. The molecule has 1 unspecified atom stereocenters. The van der Waals surface area contributed by atoms with Crippen LogP contribution in [-0.2, 0) is 31.2 Å². The van der Waals surface area contributed by atoms with E-state index in [0.717, 1.165) is 16.4 Å². The molecule has 1 aliphatic rings. The third kappa shape index (κ3) is 5.37. The first kappa shape index (κ1) is 22.7. The first-order valence-corrected chi connectivity index (χ1v) is 12.7. The highest BCUT2D eigenvalue weighted by Crippen LogP contribution is 2.24. The lowest BCUT2D eigenvalue weighted by molar-refractivity contribution is -0.121. The standard InChI is InChI=1S/C19H20ClFN2O5S2/c20-16-6-2-1-5-14(16)11-23(30(27,28)18-8-4-3-7-17(18)21)12-19(24)22-15-9-10-29(25,26)13-15/h1-8,15H,9-13H2,(H,22,24). The van der Waals surface area contributed by atoms with Crippen molar-refractivity contribution in [3.63, 3.8) is 0 Å². The Morgan fingerprint density at radius 3 is 2.47 bits per heavy atom. The van der Waals surface area contributed by atoms with Crippen molar-refractivity contribution in [2.45, 2.75) is 23.9 Å². The van der Waals surface area contributed by atoms with E-state index in [2.05, 4.69) is 5.32 Å². The Morgan fingerprint density at radius 1 is 1.17 bits per heavy atom. The van der Waals surface area contributed by atoms with Gasteiger partial charge in [0.1, 0.15) is 10.7 Å². The summed E-state index contributed by atoms with van der Waals surface area (Å²) in [6, 6.07) is 10.8. The van der Waals surface area contributed by atoms with Gasteiger partial charge in [0.25, 0.3) is 0 Å². The smallest absolute Gasteiger partial charge is 0.246 e.